The quantitative estimate of drug-likeness (QED) is 0.706. The molecule has 1 aliphatic carbocycles. The minimum Gasteiger partial charge on any atom is -0.377 e. The van der Waals surface area contributed by atoms with Gasteiger partial charge in [-0.3, -0.25) is 0 Å². The first-order chi connectivity index (χ1) is 8.41. The first-order valence-corrected chi connectivity index (χ1v) is 7.28. The molecule has 0 atom stereocenters. The maximum atomic E-state index is 4.94. The lowest BCUT2D eigenvalue weighted by Crippen LogP contribution is -2.19. The Bertz CT molecular complexity index is 177. The molecule has 1 spiro atoms. The molecule has 0 radical (unpaired) electrons. The molecule has 3 aliphatic rings. The Morgan fingerprint density at radius 3 is 1.82 bits per heavy atom. The van der Waals surface area contributed by atoms with E-state index in [9.17, 15) is 0 Å². The molecular formula is C14H27NO2. The van der Waals surface area contributed by atoms with E-state index in [4.69, 9.17) is 9.47 Å². The summed E-state index contributed by atoms with van der Waals surface area (Å²) in [6.45, 7) is 5.65. The maximum absolute atomic E-state index is 4.94. The van der Waals surface area contributed by atoms with Gasteiger partial charge >= 0.3 is 0 Å². The molecule has 3 heteroatoms. The average molecular weight is 241 g/mol. The molecule has 0 bridgehead atoms. The highest BCUT2D eigenvalue weighted by Gasteiger charge is 2.33. The highest BCUT2D eigenvalue weighted by atomic mass is 16.6. The van der Waals surface area contributed by atoms with Crippen LogP contribution in [-0.4, -0.2) is 39.5 Å². The summed E-state index contributed by atoms with van der Waals surface area (Å²) in [6, 6.07) is 0. The predicted molar refractivity (Wildman–Crippen MR) is 69.3 cm³/mol. The van der Waals surface area contributed by atoms with Crippen molar-refractivity contribution in [1.29, 1.82) is 0 Å². The van der Waals surface area contributed by atoms with Crippen molar-refractivity contribution in [2.75, 3.05) is 39.5 Å². The first-order valence-electron chi connectivity index (χ1n) is 7.28. The largest absolute Gasteiger partial charge is 0.377 e. The molecule has 17 heavy (non-hydrogen) atoms. The molecule has 100 valence electrons. The van der Waals surface area contributed by atoms with Gasteiger partial charge in [-0.1, -0.05) is 12.8 Å². The molecule has 3 fully saturated rings. The summed E-state index contributed by atoms with van der Waals surface area (Å²) in [5.41, 5.74) is 0.795. The predicted octanol–water partition coefficient (Wildman–Crippen LogP) is 2.35. The molecule has 3 nitrogen and oxygen atoms in total. The van der Waals surface area contributed by atoms with Crippen molar-refractivity contribution in [3.05, 3.63) is 0 Å². The third kappa shape index (κ3) is 4.57. The summed E-state index contributed by atoms with van der Waals surface area (Å²) in [7, 11) is 0. The van der Waals surface area contributed by atoms with E-state index in [-0.39, 0.29) is 0 Å². The van der Waals surface area contributed by atoms with Gasteiger partial charge in [0.15, 0.2) is 0 Å². The van der Waals surface area contributed by atoms with E-state index in [2.05, 4.69) is 5.32 Å². The fraction of sp³-hybridized carbons (Fsp3) is 1.00. The Kier molecular flexibility index (Phi) is 5.75. The van der Waals surface area contributed by atoms with E-state index in [0.29, 0.717) is 0 Å². The van der Waals surface area contributed by atoms with E-state index in [0.717, 1.165) is 31.8 Å². The van der Waals surface area contributed by atoms with E-state index in [1.165, 1.54) is 58.0 Å². The van der Waals surface area contributed by atoms with Crippen LogP contribution in [0.5, 0.6) is 0 Å². The van der Waals surface area contributed by atoms with Gasteiger partial charge in [-0.05, 0) is 50.6 Å². The Morgan fingerprint density at radius 1 is 0.647 bits per heavy atom. The zero-order valence-corrected chi connectivity index (χ0v) is 11.0. The third-order valence-corrected chi connectivity index (χ3v) is 4.30. The molecule has 0 unspecified atom stereocenters. The van der Waals surface area contributed by atoms with Crippen LogP contribution in [-0.2, 0) is 9.47 Å². The third-order valence-electron chi connectivity index (χ3n) is 4.30. The van der Waals surface area contributed by atoms with Gasteiger partial charge in [0.05, 0.1) is 26.4 Å². The Balaban J connectivity index is 0.000000153. The number of nitrogens with one attached hydrogen (secondary N) is 1. The van der Waals surface area contributed by atoms with Crippen molar-refractivity contribution in [3.8, 4) is 0 Å². The lowest BCUT2D eigenvalue weighted by Gasteiger charge is -2.26. The summed E-state index contributed by atoms with van der Waals surface area (Å²) in [4.78, 5) is 0. The zero-order chi connectivity index (χ0) is 11.8. The second kappa shape index (κ2) is 7.34. The minimum absolute atomic E-state index is 0.778. The van der Waals surface area contributed by atoms with E-state index in [1.807, 2.05) is 0 Å². The number of ether oxygens (including phenoxy) is 2. The van der Waals surface area contributed by atoms with Crippen molar-refractivity contribution in [3.63, 3.8) is 0 Å². The van der Waals surface area contributed by atoms with Gasteiger partial charge in [-0.15, -0.1) is 0 Å². The Labute approximate surface area is 105 Å². The average Bonchev–Trinajstić information content (AvgIpc) is 2.72. The lowest BCUT2D eigenvalue weighted by atomic mass is 9.79. The van der Waals surface area contributed by atoms with Gasteiger partial charge < -0.3 is 14.8 Å². The Hall–Kier alpha value is -0.120. The van der Waals surface area contributed by atoms with E-state index in [1.54, 1.807) is 0 Å². The molecule has 2 aliphatic heterocycles. The van der Waals surface area contributed by atoms with Crippen LogP contribution in [0.3, 0.4) is 0 Å². The molecule has 3 rings (SSSR count). The number of hydrogen-bond acceptors (Lipinski definition) is 3. The maximum Gasteiger partial charge on any atom is 0.0701 e. The van der Waals surface area contributed by atoms with Crippen molar-refractivity contribution in [2.24, 2.45) is 5.41 Å². The highest BCUT2D eigenvalue weighted by molar-refractivity contribution is 4.86. The summed E-state index contributed by atoms with van der Waals surface area (Å²) in [5.74, 6) is 0. The summed E-state index contributed by atoms with van der Waals surface area (Å²) in [5, 5.41) is 3.50. The molecule has 2 heterocycles. The van der Waals surface area contributed by atoms with Crippen LogP contribution in [0.15, 0.2) is 0 Å². The second-order valence-corrected chi connectivity index (χ2v) is 5.54. The van der Waals surface area contributed by atoms with Crippen LogP contribution in [0, 0.1) is 5.41 Å². The molecule has 0 aromatic rings. The monoisotopic (exact) mass is 241 g/mol. The van der Waals surface area contributed by atoms with Gasteiger partial charge in [0.1, 0.15) is 0 Å². The fourth-order valence-corrected chi connectivity index (χ4v) is 3.26. The van der Waals surface area contributed by atoms with Gasteiger partial charge in [-0.25, -0.2) is 0 Å². The second-order valence-electron chi connectivity index (χ2n) is 5.54. The highest BCUT2D eigenvalue weighted by Crippen LogP contribution is 2.45. The van der Waals surface area contributed by atoms with Crippen molar-refractivity contribution < 1.29 is 9.47 Å². The van der Waals surface area contributed by atoms with E-state index >= 15 is 0 Å². The van der Waals surface area contributed by atoms with Crippen molar-refractivity contribution >= 4 is 0 Å². The molecule has 0 aromatic carbocycles. The molecular weight excluding hydrogens is 214 g/mol. The van der Waals surface area contributed by atoms with Gasteiger partial charge in [0.25, 0.3) is 0 Å². The molecule has 0 amide bonds. The molecule has 2 saturated heterocycles. The summed E-state index contributed by atoms with van der Waals surface area (Å²) < 4.78 is 9.89. The topological polar surface area (TPSA) is 30.5 Å². The van der Waals surface area contributed by atoms with Gasteiger partial charge in [-0.2, -0.15) is 0 Å². The fourth-order valence-electron chi connectivity index (χ4n) is 3.26. The van der Waals surface area contributed by atoms with Crippen LogP contribution in [0.4, 0.5) is 0 Å². The molecule has 1 saturated carbocycles. The standard InChI is InChI=1S/C10H19N.C4H8O2/c1-2-5-10(4-1)6-3-8-11-9-7-10;1-2-6-4-3-5-1/h11H,1-9H2;1-4H2. The van der Waals surface area contributed by atoms with Crippen LogP contribution in [0.2, 0.25) is 0 Å². The SMILES string of the molecule is C1CCC2(C1)CCCNCC2.C1COCCO1. The van der Waals surface area contributed by atoms with Crippen LogP contribution >= 0.6 is 0 Å². The van der Waals surface area contributed by atoms with Crippen LogP contribution in [0.1, 0.15) is 44.9 Å². The van der Waals surface area contributed by atoms with E-state index < -0.39 is 0 Å². The van der Waals surface area contributed by atoms with Crippen molar-refractivity contribution in [1.82, 2.24) is 5.32 Å². The van der Waals surface area contributed by atoms with Gasteiger partial charge in [0.2, 0.25) is 0 Å². The normalized spacial score (nSPS) is 28.2. The zero-order valence-electron chi connectivity index (χ0n) is 11.0. The summed E-state index contributed by atoms with van der Waals surface area (Å²) >= 11 is 0. The number of hydrogen-bond donors (Lipinski definition) is 1. The lowest BCUT2D eigenvalue weighted by molar-refractivity contribution is -0.0334. The van der Waals surface area contributed by atoms with Crippen molar-refractivity contribution in [2.45, 2.75) is 44.9 Å². The Morgan fingerprint density at radius 2 is 1.24 bits per heavy atom. The minimum atomic E-state index is 0.778. The van der Waals surface area contributed by atoms with Crippen LogP contribution < -0.4 is 5.32 Å². The molecule has 1 N–H and O–H groups in total. The molecule has 0 aromatic heterocycles. The summed E-state index contributed by atoms with van der Waals surface area (Å²) in [6.07, 6.45) is 10.4. The smallest absolute Gasteiger partial charge is 0.0701 e. The van der Waals surface area contributed by atoms with Gasteiger partial charge in [0, 0.05) is 0 Å². The van der Waals surface area contributed by atoms with Crippen LogP contribution in [0.25, 0.3) is 0 Å². The first kappa shape index (κ1) is 13.3. The number of rotatable bonds is 0.